The number of aromatic nitrogens is 1. The van der Waals surface area contributed by atoms with Crippen LogP contribution in [-0.4, -0.2) is 35.6 Å². The molecule has 1 N–H and O–H groups in total. The van der Waals surface area contributed by atoms with Gasteiger partial charge in [0.1, 0.15) is 11.6 Å². The predicted octanol–water partition coefficient (Wildman–Crippen LogP) is 2.05. The largest absolute Gasteiger partial charge is 0.355 e. The first-order valence-electron chi connectivity index (χ1n) is 7.21. The van der Waals surface area contributed by atoms with E-state index in [1.165, 1.54) is 11.8 Å². The molecule has 114 valence electrons. The molecule has 1 aliphatic rings. The molecule has 21 heavy (non-hydrogen) atoms. The molecule has 0 saturated carbocycles. The summed E-state index contributed by atoms with van der Waals surface area (Å²) >= 11 is 1.44. The van der Waals surface area contributed by atoms with Gasteiger partial charge in [-0.25, -0.2) is 4.98 Å². The quantitative estimate of drug-likeness (QED) is 0.846. The van der Waals surface area contributed by atoms with Crippen molar-refractivity contribution < 1.29 is 9.59 Å². The van der Waals surface area contributed by atoms with Crippen molar-refractivity contribution in [3.63, 3.8) is 0 Å². The van der Waals surface area contributed by atoms with Gasteiger partial charge in [0.15, 0.2) is 0 Å². The number of aryl methyl sites for hydroxylation is 2. The molecule has 1 aromatic rings. The van der Waals surface area contributed by atoms with Crippen molar-refractivity contribution in [3.8, 4) is 0 Å². The number of anilines is 1. The van der Waals surface area contributed by atoms with Gasteiger partial charge in [-0.3, -0.25) is 14.5 Å². The summed E-state index contributed by atoms with van der Waals surface area (Å²) in [7, 11) is 0. The number of thioether (sulfide) groups is 1. The van der Waals surface area contributed by atoms with Gasteiger partial charge < -0.3 is 5.32 Å². The molecule has 2 amide bonds. The topological polar surface area (TPSA) is 62.3 Å². The van der Waals surface area contributed by atoms with Crippen LogP contribution < -0.4 is 10.2 Å². The summed E-state index contributed by atoms with van der Waals surface area (Å²) < 4.78 is 0. The lowest BCUT2D eigenvalue weighted by atomic mass is 10.2. The third-order valence-corrected chi connectivity index (χ3v) is 4.29. The van der Waals surface area contributed by atoms with Crippen LogP contribution in [0.5, 0.6) is 0 Å². The van der Waals surface area contributed by atoms with Gasteiger partial charge >= 0.3 is 0 Å². The summed E-state index contributed by atoms with van der Waals surface area (Å²) in [5.41, 5.74) is 2.70. The fourth-order valence-corrected chi connectivity index (χ4v) is 3.36. The minimum atomic E-state index is -0.116. The summed E-state index contributed by atoms with van der Waals surface area (Å²) in [5.74, 6) is 0.187. The van der Waals surface area contributed by atoms with Gasteiger partial charge in [0, 0.05) is 12.2 Å². The zero-order valence-corrected chi connectivity index (χ0v) is 13.5. The Morgan fingerprint density at radius 2 is 2.24 bits per heavy atom. The molecule has 1 aliphatic heterocycles. The van der Waals surface area contributed by atoms with E-state index in [0.29, 0.717) is 12.3 Å². The van der Waals surface area contributed by atoms with Crippen molar-refractivity contribution in [3.05, 3.63) is 17.3 Å². The van der Waals surface area contributed by atoms with E-state index in [1.54, 1.807) is 4.90 Å². The first-order chi connectivity index (χ1) is 10.0. The van der Waals surface area contributed by atoms with Gasteiger partial charge in [-0.15, -0.1) is 0 Å². The Labute approximate surface area is 129 Å². The molecular formula is C15H21N3O2S. The summed E-state index contributed by atoms with van der Waals surface area (Å²) in [6.45, 7) is 6.69. The highest BCUT2D eigenvalue weighted by Gasteiger charge is 2.29. The number of fused-ring (bicyclic) bond motifs is 1. The number of hydrogen-bond donors (Lipinski definition) is 1. The third kappa shape index (κ3) is 3.75. The molecular weight excluding hydrogens is 286 g/mol. The lowest BCUT2D eigenvalue weighted by molar-refractivity contribution is -0.123. The number of nitrogens with one attached hydrogen (secondary N) is 1. The summed E-state index contributed by atoms with van der Waals surface area (Å²) in [6, 6.07) is 1.94. The van der Waals surface area contributed by atoms with Crippen LogP contribution in [0.4, 0.5) is 5.69 Å². The fourth-order valence-electron chi connectivity index (χ4n) is 2.33. The van der Waals surface area contributed by atoms with Crippen molar-refractivity contribution in [2.45, 2.75) is 38.6 Å². The molecule has 0 fully saturated rings. The minimum absolute atomic E-state index is 0.0353. The van der Waals surface area contributed by atoms with E-state index in [4.69, 9.17) is 0 Å². The van der Waals surface area contributed by atoms with Crippen LogP contribution in [-0.2, 0) is 9.59 Å². The average molecular weight is 307 g/mol. The summed E-state index contributed by atoms with van der Waals surface area (Å²) in [6.07, 6.45) is 1.98. The Morgan fingerprint density at radius 3 is 2.95 bits per heavy atom. The molecule has 2 rings (SSSR count). The molecule has 0 spiro atoms. The van der Waals surface area contributed by atoms with Gasteiger partial charge in [0.25, 0.3) is 0 Å². The van der Waals surface area contributed by atoms with Crippen LogP contribution in [0.25, 0.3) is 0 Å². The molecule has 5 nitrogen and oxygen atoms in total. The van der Waals surface area contributed by atoms with E-state index >= 15 is 0 Å². The van der Waals surface area contributed by atoms with E-state index in [2.05, 4.69) is 17.2 Å². The lowest BCUT2D eigenvalue weighted by Crippen LogP contribution is -2.44. The van der Waals surface area contributed by atoms with Gasteiger partial charge in [-0.2, -0.15) is 0 Å². The molecule has 0 radical (unpaired) electrons. The Hall–Kier alpha value is -1.56. The van der Waals surface area contributed by atoms with Crippen molar-refractivity contribution in [2.75, 3.05) is 23.7 Å². The van der Waals surface area contributed by atoms with E-state index in [1.807, 2.05) is 19.9 Å². The number of carbonyl (C=O) groups excluding carboxylic acids is 2. The zero-order chi connectivity index (χ0) is 15.4. The monoisotopic (exact) mass is 307 g/mol. The van der Waals surface area contributed by atoms with Crippen LogP contribution in [0.3, 0.4) is 0 Å². The maximum atomic E-state index is 12.2. The van der Waals surface area contributed by atoms with Crippen molar-refractivity contribution in [1.29, 1.82) is 0 Å². The number of amides is 2. The molecule has 0 aromatic carbocycles. The first-order valence-corrected chi connectivity index (χ1v) is 8.19. The number of nitrogens with zero attached hydrogens (tertiary/aromatic N) is 2. The van der Waals surface area contributed by atoms with Crippen LogP contribution in [0, 0.1) is 13.8 Å². The number of unbranched alkanes of at least 4 members (excludes halogenated alkanes) is 1. The van der Waals surface area contributed by atoms with E-state index in [0.717, 1.165) is 34.8 Å². The van der Waals surface area contributed by atoms with Gasteiger partial charge in [0.05, 0.1) is 11.4 Å². The number of rotatable bonds is 5. The fraction of sp³-hybridized carbons (Fsp3) is 0.533. The maximum Gasteiger partial charge on any atom is 0.240 e. The Kier molecular flexibility index (Phi) is 5.22. The van der Waals surface area contributed by atoms with Gasteiger partial charge in [-0.05, 0) is 31.9 Å². The predicted molar refractivity (Wildman–Crippen MR) is 84.7 cm³/mol. The molecule has 0 saturated heterocycles. The number of pyridine rings is 1. The highest BCUT2D eigenvalue weighted by atomic mass is 32.2. The summed E-state index contributed by atoms with van der Waals surface area (Å²) in [4.78, 5) is 30.2. The molecule has 6 heteroatoms. The van der Waals surface area contributed by atoms with Crippen molar-refractivity contribution >= 4 is 29.3 Å². The highest BCUT2D eigenvalue weighted by Crippen LogP contribution is 2.36. The normalized spacial score (nSPS) is 14.0. The minimum Gasteiger partial charge on any atom is -0.355 e. The maximum absolute atomic E-state index is 12.2. The first kappa shape index (κ1) is 15.8. The molecule has 0 atom stereocenters. The zero-order valence-electron chi connectivity index (χ0n) is 12.7. The van der Waals surface area contributed by atoms with Crippen LogP contribution in [0.1, 0.15) is 31.0 Å². The standard InChI is InChI=1S/C15H21N3O2S/c1-4-5-6-16-12(19)8-18-13(20)9-21-15-14(18)10(2)7-11(3)17-15/h7H,4-6,8-9H2,1-3H3,(H,16,19). The van der Waals surface area contributed by atoms with Gasteiger partial charge in [0.2, 0.25) is 11.8 Å². The molecule has 1 aromatic heterocycles. The number of hydrogen-bond acceptors (Lipinski definition) is 4. The van der Waals surface area contributed by atoms with Crippen molar-refractivity contribution in [2.24, 2.45) is 0 Å². The van der Waals surface area contributed by atoms with Crippen molar-refractivity contribution in [1.82, 2.24) is 10.3 Å². The number of carbonyl (C=O) groups is 2. The van der Waals surface area contributed by atoms with Crippen LogP contribution in [0.2, 0.25) is 0 Å². The molecule has 0 aliphatic carbocycles. The molecule has 2 heterocycles. The molecule has 0 bridgehead atoms. The third-order valence-electron chi connectivity index (χ3n) is 3.34. The van der Waals surface area contributed by atoms with E-state index < -0.39 is 0 Å². The second-order valence-electron chi connectivity index (χ2n) is 5.21. The second-order valence-corrected chi connectivity index (χ2v) is 6.17. The SMILES string of the molecule is CCCCNC(=O)CN1C(=O)CSc2nc(C)cc(C)c21. The smallest absolute Gasteiger partial charge is 0.240 e. The van der Waals surface area contributed by atoms with Gasteiger partial charge in [-0.1, -0.05) is 25.1 Å². The summed E-state index contributed by atoms with van der Waals surface area (Å²) in [5, 5.41) is 3.69. The highest BCUT2D eigenvalue weighted by molar-refractivity contribution is 8.00. The Bertz CT molecular complexity index is 560. The lowest BCUT2D eigenvalue weighted by Gasteiger charge is -2.29. The second kappa shape index (κ2) is 6.93. The van der Waals surface area contributed by atoms with Crippen LogP contribution in [0.15, 0.2) is 11.1 Å². The van der Waals surface area contributed by atoms with E-state index in [9.17, 15) is 9.59 Å². The average Bonchev–Trinajstić information content (AvgIpc) is 2.42. The van der Waals surface area contributed by atoms with Crippen LogP contribution >= 0.6 is 11.8 Å². The molecule has 0 unspecified atom stereocenters. The Balaban J connectivity index is 2.17. The van der Waals surface area contributed by atoms with E-state index in [-0.39, 0.29) is 18.4 Å². The Morgan fingerprint density at radius 1 is 1.48 bits per heavy atom.